The van der Waals surface area contributed by atoms with Gasteiger partial charge in [-0.25, -0.2) is 18.2 Å². The van der Waals surface area contributed by atoms with Crippen molar-refractivity contribution in [2.45, 2.75) is 42.5 Å². The molecule has 1 aliphatic heterocycles. The number of nitrogens with zero attached hydrogens (tertiary/aromatic N) is 7. The lowest BCUT2D eigenvalue weighted by Gasteiger charge is -2.31. The lowest BCUT2D eigenvalue weighted by atomic mass is 9.99. The normalized spacial score (nSPS) is 20.4. The number of pyridine rings is 1. The van der Waals surface area contributed by atoms with E-state index in [1.807, 2.05) is 0 Å². The molecular formula is C19H23N7O4S. The second-order valence-corrected chi connectivity index (χ2v) is 10.2. The third-order valence-corrected chi connectivity index (χ3v) is 8.03. The van der Waals surface area contributed by atoms with E-state index in [4.69, 9.17) is 0 Å². The number of aromatic nitrogens is 6. The van der Waals surface area contributed by atoms with E-state index in [-0.39, 0.29) is 21.8 Å². The van der Waals surface area contributed by atoms with E-state index in [9.17, 15) is 18.0 Å². The Hall–Kier alpha value is -2.86. The first-order valence-corrected chi connectivity index (χ1v) is 11.7. The number of hydrogen-bond acceptors (Lipinski definition) is 7. The van der Waals surface area contributed by atoms with Gasteiger partial charge in [-0.1, -0.05) is 0 Å². The fourth-order valence-corrected chi connectivity index (χ4v) is 5.78. The Morgan fingerprint density at radius 3 is 2.61 bits per heavy atom. The molecule has 11 nitrogen and oxygen atoms in total. The lowest BCUT2D eigenvalue weighted by Crippen LogP contribution is -2.40. The minimum atomic E-state index is -3.87. The fourth-order valence-electron chi connectivity index (χ4n) is 4.29. The van der Waals surface area contributed by atoms with Gasteiger partial charge in [-0.2, -0.15) is 4.31 Å². The average Bonchev–Trinajstić information content (AvgIpc) is 3.51. The van der Waals surface area contributed by atoms with Crippen molar-refractivity contribution in [3.05, 3.63) is 45.3 Å². The molecule has 4 heterocycles. The van der Waals surface area contributed by atoms with Crippen LogP contribution < -0.4 is 11.2 Å². The molecule has 0 N–H and O–H groups in total. The van der Waals surface area contributed by atoms with Gasteiger partial charge in [0.15, 0.2) is 0 Å². The lowest BCUT2D eigenvalue weighted by molar-refractivity contribution is 0.304. The molecule has 2 fully saturated rings. The minimum Gasteiger partial charge on any atom is -0.314 e. The van der Waals surface area contributed by atoms with Gasteiger partial charge in [0, 0.05) is 45.3 Å². The highest BCUT2D eigenvalue weighted by atomic mass is 32.2. The molecule has 12 heteroatoms. The predicted molar refractivity (Wildman–Crippen MR) is 111 cm³/mol. The summed E-state index contributed by atoms with van der Waals surface area (Å²) in [5.41, 5.74) is -0.933. The highest BCUT2D eigenvalue weighted by Crippen LogP contribution is 2.38. The van der Waals surface area contributed by atoms with Gasteiger partial charge in [0.2, 0.25) is 10.0 Å². The molecule has 2 aliphatic rings. The van der Waals surface area contributed by atoms with E-state index < -0.39 is 21.3 Å². The third kappa shape index (κ3) is 3.21. The van der Waals surface area contributed by atoms with Crippen molar-refractivity contribution in [1.82, 2.24) is 33.2 Å². The molecule has 1 saturated heterocycles. The topological polar surface area (TPSA) is 125 Å². The van der Waals surface area contributed by atoms with Crippen LogP contribution in [0.15, 0.2) is 33.1 Å². The molecule has 0 spiro atoms. The van der Waals surface area contributed by atoms with Crippen LogP contribution in [0.4, 0.5) is 0 Å². The highest BCUT2D eigenvalue weighted by molar-refractivity contribution is 7.89. The summed E-state index contributed by atoms with van der Waals surface area (Å²) in [4.78, 5) is 28.7. The van der Waals surface area contributed by atoms with Gasteiger partial charge in [-0.05, 0) is 31.7 Å². The van der Waals surface area contributed by atoms with Gasteiger partial charge >= 0.3 is 5.69 Å². The average molecular weight is 446 g/mol. The molecule has 1 atom stereocenters. The number of fused-ring (bicyclic) bond motifs is 1. The first kappa shape index (κ1) is 20.1. The summed E-state index contributed by atoms with van der Waals surface area (Å²) < 4.78 is 32.5. The quantitative estimate of drug-likeness (QED) is 0.559. The molecule has 3 aromatic heterocycles. The van der Waals surface area contributed by atoms with E-state index in [0.29, 0.717) is 25.6 Å². The van der Waals surface area contributed by atoms with E-state index in [1.54, 1.807) is 6.33 Å². The predicted octanol–water partition coefficient (Wildman–Crippen LogP) is 0.127. The van der Waals surface area contributed by atoms with E-state index >= 15 is 0 Å². The van der Waals surface area contributed by atoms with Crippen molar-refractivity contribution >= 4 is 21.1 Å². The van der Waals surface area contributed by atoms with Crippen LogP contribution in [0.25, 0.3) is 11.0 Å². The van der Waals surface area contributed by atoms with Gasteiger partial charge < -0.3 is 4.57 Å². The van der Waals surface area contributed by atoms with Crippen molar-refractivity contribution in [3.63, 3.8) is 0 Å². The number of sulfonamides is 1. The molecule has 0 amide bonds. The maximum absolute atomic E-state index is 13.4. The molecule has 0 radical (unpaired) electrons. The van der Waals surface area contributed by atoms with Crippen molar-refractivity contribution < 1.29 is 8.42 Å². The molecule has 0 bridgehead atoms. The Morgan fingerprint density at radius 1 is 1.10 bits per heavy atom. The molecule has 5 rings (SSSR count). The molecule has 0 aromatic carbocycles. The SMILES string of the molecule is Cn1c(=O)c2cc(S(=O)(=O)N3CCC[C@@H](c4nncn4C4CC4)C3)cnc2n(C)c1=O. The zero-order valence-electron chi connectivity index (χ0n) is 17.3. The smallest absolute Gasteiger partial charge is 0.314 e. The Kier molecular flexibility index (Phi) is 4.59. The summed E-state index contributed by atoms with van der Waals surface area (Å²) in [6.45, 7) is 0.691. The number of hydrogen-bond donors (Lipinski definition) is 0. The van der Waals surface area contributed by atoms with Crippen LogP contribution in [0.5, 0.6) is 0 Å². The summed E-state index contributed by atoms with van der Waals surface area (Å²) in [6, 6.07) is 1.74. The van der Waals surface area contributed by atoms with Crippen molar-refractivity contribution in [2.75, 3.05) is 13.1 Å². The van der Waals surface area contributed by atoms with Crippen molar-refractivity contribution in [2.24, 2.45) is 14.1 Å². The largest absolute Gasteiger partial charge is 0.332 e. The monoisotopic (exact) mass is 445 g/mol. The van der Waals surface area contributed by atoms with Crippen molar-refractivity contribution in [3.8, 4) is 0 Å². The minimum absolute atomic E-state index is 0.0336. The van der Waals surface area contributed by atoms with Crippen LogP contribution >= 0.6 is 0 Å². The summed E-state index contributed by atoms with van der Waals surface area (Å²) >= 11 is 0. The van der Waals surface area contributed by atoms with Crippen LogP contribution in [-0.4, -0.2) is 54.7 Å². The molecule has 0 unspecified atom stereocenters. The van der Waals surface area contributed by atoms with E-state index in [2.05, 4.69) is 19.7 Å². The van der Waals surface area contributed by atoms with Gasteiger partial charge in [0.1, 0.15) is 22.7 Å². The summed E-state index contributed by atoms with van der Waals surface area (Å²) in [5.74, 6) is 0.802. The standard InChI is InChI=1S/C19H23N7O4S/c1-23-17-15(18(27)24(2)19(23)28)8-14(9-20-17)31(29,30)25-7-3-4-12(10-25)16-22-21-11-26(16)13-5-6-13/h8-9,11-13H,3-7,10H2,1-2H3/t12-/m1/s1. The van der Waals surface area contributed by atoms with Gasteiger partial charge in [0.05, 0.1) is 5.39 Å². The van der Waals surface area contributed by atoms with Crippen LogP contribution in [0.1, 0.15) is 43.5 Å². The Morgan fingerprint density at radius 2 is 1.87 bits per heavy atom. The second kappa shape index (κ2) is 7.09. The molecule has 164 valence electrons. The summed E-state index contributed by atoms with van der Waals surface area (Å²) in [5, 5.41) is 8.41. The van der Waals surface area contributed by atoms with Gasteiger partial charge in [-0.3, -0.25) is 13.9 Å². The first-order chi connectivity index (χ1) is 14.8. The number of rotatable bonds is 4. The van der Waals surface area contributed by atoms with Gasteiger partial charge in [0.25, 0.3) is 5.56 Å². The molecular weight excluding hydrogens is 422 g/mol. The van der Waals surface area contributed by atoms with Crippen LogP contribution in [0.2, 0.25) is 0 Å². The second-order valence-electron chi connectivity index (χ2n) is 8.28. The maximum atomic E-state index is 13.4. The van der Waals surface area contributed by atoms with Crippen LogP contribution in [-0.2, 0) is 24.1 Å². The van der Waals surface area contributed by atoms with Crippen molar-refractivity contribution in [1.29, 1.82) is 0 Å². The zero-order chi connectivity index (χ0) is 21.9. The van der Waals surface area contributed by atoms with Crippen LogP contribution in [0, 0.1) is 0 Å². The molecule has 1 aliphatic carbocycles. The van der Waals surface area contributed by atoms with Gasteiger partial charge in [-0.15, -0.1) is 10.2 Å². The first-order valence-electron chi connectivity index (χ1n) is 10.2. The zero-order valence-corrected chi connectivity index (χ0v) is 18.1. The highest BCUT2D eigenvalue weighted by Gasteiger charge is 2.35. The fraction of sp³-hybridized carbons (Fsp3) is 0.526. The van der Waals surface area contributed by atoms with E-state index in [1.165, 1.54) is 35.2 Å². The van der Waals surface area contributed by atoms with Crippen LogP contribution in [0.3, 0.4) is 0 Å². The number of piperidine rings is 1. The molecule has 31 heavy (non-hydrogen) atoms. The Labute approximate surface area is 178 Å². The summed E-state index contributed by atoms with van der Waals surface area (Å²) in [7, 11) is -1.02. The third-order valence-electron chi connectivity index (χ3n) is 6.20. The Bertz CT molecular complexity index is 1400. The maximum Gasteiger partial charge on any atom is 0.332 e. The number of aryl methyl sites for hydroxylation is 1. The summed E-state index contributed by atoms with van der Waals surface area (Å²) in [6.07, 6.45) is 6.69. The molecule has 1 saturated carbocycles. The van der Waals surface area contributed by atoms with E-state index in [0.717, 1.165) is 29.7 Å². The Balaban J connectivity index is 1.51. The molecule has 3 aromatic rings.